The fourth-order valence-electron chi connectivity index (χ4n) is 3.35. The van der Waals surface area contributed by atoms with Crippen LogP contribution in [0.25, 0.3) is 0 Å². The van der Waals surface area contributed by atoms with Crippen molar-refractivity contribution < 1.29 is 18.7 Å². The van der Waals surface area contributed by atoms with Gasteiger partial charge in [-0.25, -0.2) is 9.18 Å². The molecule has 0 unspecified atom stereocenters. The van der Waals surface area contributed by atoms with Gasteiger partial charge in [0, 0.05) is 19.6 Å². The van der Waals surface area contributed by atoms with Crippen molar-refractivity contribution in [2.45, 2.75) is 25.8 Å². The zero-order valence-electron chi connectivity index (χ0n) is 15.8. The topological polar surface area (TPSA) is 50.8 Å². The van der Waals surface area contributed by atoms with Crippen molar-refractivity contribution in [3.8, 4) is 11.5 Å². The van der Waals surface area contributed by atoms with E-state index in [2.05, 4.69) is 5.32 Å². The Bertz CT molecular complexity index is 810. The summed E-state index contributed by atoms with van der Waals surface area (Å²) in [5.41, 5.74) is 3.20. The lowest BCUT2D eigenvalue weighted by molar-refractivity contribution is 0.192. The lowest BCUT2D eigenvalue weighted by Crippen LogP contribution is -2.43. The second-order valence-corrected chi connectivity index (χ2v) is 6.61. The normalized spacial score (nSPS) is 13.1. The third-order valence-electron chi connectivity index (χ3n) is 4.81. The predicted octanol–water partition coefficient (Wildman–Crippen LogP) is 3.54. The molecule has 0 radical (unpaired) electrons. The molecule has 2 amide bonds. The minimum atomic E-state index is -0.226. The summed E-state index contributed by atoms with van der Waals surface area (Å²) in [5, 5.41) is 2.96. The van der Waals surface area contributed by atoms with Crippen LogP contribution in [0, 0.1) is 5.82 Å². The van der Waals surface area contributed by atoms with E-state index in [0.29, 0.717) is 31.1 Å². The van der Waals surface area contributed by atoms with Gasteiger partial charge in [0.15, 0.2) is 11.5 Å². The van der Waals surface area contributed by atoms with Gasteiger partial charge in [0.25, 0.3) is 0 Å². The zero-order valence-corrected chi connectivity index (χ0v) is 15.8. The van der Waals surface area contributed by atoms with Crippen molar-refractivity contribution in [2.75, 3.05) is 27.3 Å². The summed E-state index contributed by atoms with van der Waals surface area (Å²) in [4.78, 5) is 14.3. The molecule has 0 spiro atoms. The highest BCUT2D eigenvalue weighted by Gasteiger charge is 2.22. The van der Waals surface area contributed by atoms with Crippen LogP contribution in [-0.2, 0) is 19.4 Å². The van der Waals surface area contributed by atoms with Crippen LogP contribution in [-0.4, -0.2) is 38.2 Å². The number of ether oxygens (including phenoxy) is 2. The summed E-state index contributed by atoms with van der Waals surface area (Å²) in [7, 11) is 3.23. The molecule has 5 nitrogen and oxygen atoms in total. The van der Waals surface area contributed by atoms with Crippen molar-refractivity contribution in [3.05, 3.63) is 58.9 Å². The van der Waals surface area contributed by atoms with Gasteiger partial charge in [0.05, 0.1) is 14.2 Å². The smallest absolute Gasteiger partial charge is 0.317 e. The van der Waals surface area contributed by atoms with E-state index in [1.807, 2.05) is 18.2 Å². The van der Waals surface area contributed by atoms with Gasteiger partial charge < -0.3 is 19.7 Å². The third-order valence-corrected chi connectivity index (χ3v) is 4.81. The summed E-state index contributed by atoms with van der Waals surface area (Å²) in [6.45, 7) is 1.77. The number of urea groups is 1. The molecule has 0 fully saturated rings. The fourth-order valence-corrected chi connectivity index (χ4v) is 3.35. The average Bonchev–Trinajstić information content (AvgIpc) is 2.69. The molecule has 0 aromatic heterocycles. The molecule has 27 heavy (non-hydrogen) atoms. The van der Waals surface area contributed by atoms with Gasteiger partial charge >= 0.3 is 6.03 Å². The largest absolute Gasteiger partial charge is 0.493 e. The first-order chi connectivity index (χ1) is 13.1. The molecular weight excluding hydrogens is 347 g/mol. The Balaban J connectivity index is 1.51. The van der Waals surface area contributed by atoms with Crippen LogP contribution in [0.4, 0.5) is 9.18 Å². The van der Waals surface area contributed by atoms with Gasteiger partial charge in [-0.2, -0.15) is 0 Å². The van der Waals surface area contributed by atoms with Crippen LogP contribution in [0.5, 0.6) is 11.5 Å². The molecule has 0 saturated carbocycles. The van der Waals surface area contributed by atoms with E-state index in [0.717, 1.165) is 30.4 Å². The number of fused-ring (bicyclic) bond motifs is 1. The van der Waals surface area contributed by atoms with Gasteiger partial charge in [0.2, 0.25) is 0 Å². The Hall–Kier alpha value is -2.76. The Morgan fingerprint density at radius 2 is 1.89 bits per heavy atom. The number of nitrogens with one attached hydrogen (secondary N) is 1. The summed E-state index contributed by atoms with van der Waals surface area (Å²) in [5.74, 6) is 1.16. The van der Waals surface area contributed by atoms with Crippen LogP contribution >= 0.6 is 0 Å². The summed E-state index contributed by atoms with van der Waals surface area (Å²) < 4.78 is 23.9. The number of benzene rings is 2. The highest BCUT2D eigenvalue weighted by atomic mass is 19.1. The van der Waals surface area contributed by atoms with Crippen molar-refractivity contribution in [2.24, 2.45) is 0 Å². The van der Waals surface area contributed by atoms with Crippen LogP contribution < -0.4 is 14.8 Å². The van der Waals surface area contributed by atoms with E-state index in [9.17, 15) is 9.18 Å². The van der Waals surface area contributed by atoms with Crippen LogP contribution in [0.2, 0.25) is 0 Å². The van der Waals surface area contributed by atoms with Crippen molar-refractivity contribution in [3.63, 3.8) is 0 Å². The number of carbonyl (C=O) groups is 1. The summed E-state index contributed by atoms with van der Waals surface area (Å²) in [6, 6.07) is 10.4. The highest BCUT2D eigenvalue weighted by Crippen LogP contribution is 2.33. The number of hydrogen-bond acceptors (Lipinski definition) is 3. The van der Waals surface area contributed by atoms with Crippen LogP contribution in [0.15, 0.2) is 36.4 Å². The maximum Gasteiger partial charge on any atom is 0.317 e. The van der Waals surface area contributed by atoms with E-state index in [1.165, 1.54) is 17.7 Å². The number of rotatable bonds is 6. The molecular formula is C21H25FN2O3. The highest BCUT2D eigenvalue weighted by molar-refractivity contribution is 5.74. The molecule has 0 bridgehead atoms. The molecule has 0 aliphatic carbocycles. The number of carbonyl (C=O) groups excluding carboxylic acids is 1. The first-order valence-corrected chi connectivity index (χ1v) is 9.11. The van der Waals surface area contributed by atoms with E-state index < -0.39 is 0 Å². The molecule has 6 heteroatoms. The minimum absolute atomic E-state index is 0.0744. The summed E-state index contributed by atoms with van der Waals surface area (Å²) in [6.07, 6.45) is 2.29. The van der Waals surface area contributed by atoms with Crippen molar-refractivity contribution in [1.29, 1.82) is 0 Å². The first kappa shape index (κ1) is 19.0. The molecule has 0 atom stereocenters. The quantitative estimate of drug-likeness (QED) is 0.789. The lowest BCUT2D eigenvalue weighted by Gasteiger charge is -2.29. The number of methoxy groups -OCH3 is 2. The summed E-state index contributed by atoms with van der Waals surface area (Å²) >= 11 is 0. The Morgan fingerprint density at radius 1 is 1.15 bits per heavy atom. The van der Waals surface area contributed by atoms with Gasteiger partial charge in [0.1, 0.15) is 5.82 Å². The molecule has 1 aliphatic rings. The van der Waals surface area contributed by atoms with Crippen LogP contribution in [0.1, 0.15) is 23.1 Å². The number of halogens is 1. The molecule has 0 saturated heterocycles. The minimum Gasteiger partial charge on any atom is -0.493 e. The molecule has 1 N–H and O–H groups in total. The number of aryl methyl sites for hydroxylation is 1. The van der Waals surface area contributed by atoms with Crippen molar-refractivity contribution >= 4 is 6.03 Å². The molecule has 1 heterocycles. The second-order valence-electron chi connectivity index (χ2n) is 6.61. The fraction of sp³-hybridized carbons (Fsp3) is 0.381. The standard InChI is InChI=1S/C21H25FN2O3/c1-26-19-12-16-8-10-24(14-17(16)13-20(19)27-2)21(25)23-9-4-6-15-5-3-7-18(22)11-15/h3,5,7,11-13H,4,6,8-10,14H2,1-2H3,(H,23,25). The molecule has 3 rings (SSSR count). The van der Waals surface area contributed by atoms with Crippen molar-refractivity contribution in [1.82, 2.24) is 10.2 Å². The Labute approximate surface area is 159 Å². The lowest BCUT2D eigenvalue weighted by atomic mass is 9.99. The van der Waals surface area contributed by atoms with Gasteiger partial charge in [-0.3, -0.25) is 0 Å². The number of hydrogen-bond donors (Lipinski definition) is 1. The average molecular weight is 372 g/mol. The number of nitrogens with zero attached hydrogens (tertiary/aromatic N) is 1. The van der Waals surface area contributed by atoms with E-state index in [4.69, 9.17) is 9.47 Å². The second kappa shape index (κ2) is 8.75. The van der Waals surface area contributed by atoms with Gasteiger partial charge in [-0.15, -0.1) is 0 Å². The Morgan fingerprint density at radius 3 is 2.59 bits per heavy atom. The van der Waals surface area contributed by atoms with Crippen LogP contribution in [0.3, 0.4) is 0 Å². The molecule has 2 aromatic rings. The maximum absolute atomic E-state index is 13.2. The number of amides is 2. The monoisotopic (exact) mass is 372 g/mol. The predicted molar refractivity (Wildman–Crippen MR) is 102 cm³/mol. The maximum atomic E-state index is 13.2. The van der Waals surface area contributed by atoms with Gasteiger partial charge in [-0.05, 0) is 60.2 Å². The van der Waals surface area contributed by atoms with Gasteiger partial charge in [-0.1, -0.05) is 12.1 Å². The molecule has 2 aromatic carbocycles. The SMILES string of the molecule is COc1cc2c(cc1OC)CN(C(=O)NCCCc1cccc(F)c1)CC2. The van der Waals surface area contributed by atoms with E-state index in [1.54, 1.807) is 25.2 Å². The third kappa shape index (κ3) is 4.70. The zero-order chi connectivity index (χ0) is 19.2. The van der Waals surface area contributed by atoms with E-state index in [-0.39, 0.29) is 11.8 Å². The Kier molecular flexibility index (Phi) is 6.16. The van der Waals surface area contributed by atoms with E-state index >= 15 is 0 Å². The first-order valence-electron chi connectivity index (χ1n) is 9.11. The molecule has 1 aliphatic heterocycles. The molecule has 144 valence electrons.